The third-order valence-corrected chi connectivity index (χ3v) is 3.22. The van der Waals surface area contributed by atoms with E-state index >= 15 is 0 Å². The summed E-state index contributed by atoms with van der Waals surface area (Å²) in [6.45, 7) is 6.02. The maximum Gasteiger partial charge on any atom is 0.231 e. The Morgan fingerprint density at radius 2 is 1.83 bits per heavy atom. The average molecular weight is 347 g/mol. The van der Waals surface area contributed by atoms with E-state index in [9.17, 15) is 0 Å². The van der Waals surface area contributed by atoms with Crippen LogP contribution >= 0.6 is 11.6 Å². The summed E-state index contributed by atoms with van der Waals surface area (Å²) in [6, 6.07) is 0. The summed E-state index contributed by atoms with van der Waals surface area (Å²) < 4.78 is 15.9. The van der Waals surface area contributed by atoms with Crippen molar-refractivity contribution >= 4 is 23.5 Å². The van der Waals surface area contributed by atoms with Gasteiger partial charge in [-0.05, 0) is 11.6 Å². The normalized spacial score (nSPS) is 15.0. The summed E-state index contributed by atoms with van der Waals surface area (Å²) in [5, 5.41) is 3.24. The summed E-state index contributed by atoms with van der Waals surface area (Å²) in [5.74, 6) is 1.00. The molecule has 9 nitrogen and oxygen atoms in total. The average Bonchev–Trinajstić information content (AvgIpc) is 2.57. The second-order valence-corrected chi connectivity index (χ2v) is 5.11. The minimum Gasteiger partial charge on any atom is -0.378 e. The lowest BCUT2D eigenvalue weighted by atomic mass is 10.4. The van der Waals surface area contributed by atoms with Crippen LogP contribution in [0.1, 0.15) is 0 Å². The standard InChI is InChI=1S/C13H23ClN6O3/c14-11-17-12(16-2-6-22-10-9-21-5-1-15)19-13(18-11)20-3-7-23-8-4-20/h1-10,15H2,(H,16,17,18,19). The first-order chi connectivity index (χ1) is 11.3. The predicted molar refractivity (Wildman–Crippen MR) is 87.1 cm³/mol. The van der Waals surface area contributed by atoms with Gasteiger partial charge in [-0.3, -0.25) is 0 Å². The van der Waals surface area contributed by atoms with E-state index in [2.05, 4.69) is 20.3 Å². The van der Waals surface area contributed by atoms with E-state index < -0.39 is 0 Å². The van der Waals surface area contributed by atoms with Gasteiger partial charge in [-0.2, -0.15) is 15.0 Å². The smallest absolute Gasteiger partial charge is 0.231 e. The summed E-state index contributed by atoms with van der Waals surface area (Å²) >= 11 is 5.96. The van der Waals surface area contributed by atoms with E-state index in [1.807, 2.05) is 4.90 Å². The molecule has 0 amide bonds. The van der Waals surface area contributed by atoms with E-state index in [1.165, 1.54) is 0 Å². The zero-order valence-electron chi connectivity index (χ0n) is 13.0. The molecule has 1 aromatic heterocycles. The van der Waals surface area contributed by atoms with Gasteiger partial charge in [0.2, 0.25) is 17.2 Å². The predicted octanol–water partition coefficient (Wildman–Crippen LogP) is -0.235. The van der Waals surface area contributed by atoms with Crippen molar-refractivity contribution in [2.24, 2.45) is 5.73 Å². The number of nitrogens with two attached hydrogens (primary N) is 1. The van der Waals surface area contributed by atoms with Crippen LogP contribution in [0.25, 0.3) is 0 Å². The second-order valence-electron chi connectivity index (χ2n) is 4.77. The van der Waals surface area contributed by atoms with Gasteiger partial charge < -0.3 is 30.2 Å². The number of hydrogen-bond acceptors (Lipinski definition) is 9. The third kappa shape index (κ3) is 6.80. The van der Waals surface area contributed by atoms with Crippen molar-refractivity contribution in [3.8, 4) is 0 Å². The molecular weight excluding hydrogens is 324 g/mol. The van der Waals surface area contributed by atoms with E-state index in [0.717, 1.165) is 13.1 Å². The highest BCUT2D eigenvalue weighted by atomic mass is 35.5. The van der Waals surface area contributed by atoms with E-state index in [0.29, 0.717) is 64.6 Å². The van der Waals surface area contributed by atoms with E-state index in [4.69, 9.17) is 31.5 Å². The number of anilines is 2. The number of ether oxygens (including phenoxy) is 3. The Kier molecular flexibility index (Phi) is 8.26. The van der Waals surface area contributed by atoms with Gasteiger partial charge in [0.05, 0.1) is 39.6 Å². The fourth-order valence-electron chi connectivity index (χ4n) is 1.96. The van der Waals surface area contributed by atoms with Crippen LogP contribution in [0.15, 0.2) is 0 Å². The third-order valence-electron chi connectivity index (χ3n) is 3.05. The summed E-state index contributed by atoms with van der Waals surface area (Å²) in [6.07, 6.45) is 0. The fourth-order valence-corrected chi connectivity index (χ4v) is 2.12. The number of nitrogens with zero attached hydrogens (tertiary/aromatic N) is 4. The van der Waals surface area contributed by atoms with Crippen LogP contribution in [0.5, 0.6) is 0 Å². The molecule has 0 radical (unpaired) electrons. The SMILES string of the molecule is NCCOCCOCCNc1nc(Cl)nc(N2CCOCC2)n1. The first-order valence-corrected chi connectivity index (χ1v) is 8.01. The Bertz CT molecular complexity index is 461. The van der Waals surface area contributed by atoms with Gasteiger partial charge in [0.1, 0.15) is 0 Å². The van der Waals surface area contributed by atoms with Gasteiger partial charge in [-0.25, -0.2) is 0 Å². The van der Waals surface area contributed by atoms with Crippen molar-refractivity contribution in [3.05, 3.63) is 5.28 Å². The van der Waals surface area contributed by atoms with E-state index in [-0.39, 0.29) is 5.28 Å². The van der Waals surface area contributed by atoms with Crippen LogP contribution in [-0.2, 0) is 14.2 Å². The summed E-state index contributed by atoms with van der Waals surface area (Å²) in [5.41, 5.74) is 5.32. The topological polar surface area (TPSA) is 108 Å². The molecule has 23 heavy (non-hydrogen) atoms. The first-order valence-electron chi connectivity index (χ1n) is 7.63. The Labute approximate surface area is 140 Å². The minimum absolute atomic E-state index is 0.167. The number of aromatic nitrogens is 3. The van der Waals surface area contributed by atoms with Gasteiger partial charge in [-0.15, -0.1) is 0 Å². The van der Waals surface area contributed by atoms with Crippen LogP contribution in [0, 0.1) is 0 Å². The maximum absolute atomic E-state index is 5.96. The largest absolute Gasteiger partial charge is 0.378 e. The first kappa shape index (κ1) is 18.1. The van der Waals surface area contributed by atoms with Crippen molar-refractivity contribution < 1.29 is 14.2 Å². The Hall–Kier alpha value is -1.26. The Morgan fingerprint density at radius 1 is 1.09 bits per heavy atom. The number of halogens is 1. The number of hydrogen-bond donors (Lipinski definition) is 2. The molecule has 0 aromatic carbocycles. The van der Waals surface area contributed by atoms with Crippen molar-refractivity contribution in [3.63, 3.8) is 0 Å². The molecule has 2 heterocycles. The molecule has 1 aliphatic rings. The molecule has 0 unspecified atom stereocenters. The monoisotopic (exact) mass is 346 g/mol. The van der Waals surface area contributed by atoms with Gasteiger partial charge in [0.15, 0.2) is 0 Å². The van der Waals surface area contributed by atoms with Crippen molar-refractivity contribution in [2.75, 3.05) is 76.0 Å². The van der Waals surface area contributed by atoms with Gasteiger partial charge in [0.25, 0.3) is 0 Å². The molecule has 1 aromatic rings. The highest BCUT2D eigenvalue weighted by Crippen LogP contribution is 2.14. The van der Waals surface area contributed by atoms with Gasteiger partial charge >= 0.3 is 0 Å². The molecule has 0 saturated carbocycles. The highest BCUT2D eigenvalue weighted by Gasteiger charge is 2.15. The lowest BCUT2D eigenvalue weighted by Crippen LogP contribution is -2.37. The Balaban J connectivity index is 1.71. The van der Waals surface area contributed by atoms with Gasteiger partial charge in [0, 0.05) is 26.2 Å². The molecule has 1 aliphatic heterocycles. The zero-order valence-corrected chi connectivity index (χ0v) is 13.8. The van der Waals surface area contributed by atoms with E-state index in [1.54, 1.807) is 0 Å². The van der Waals surface area contributed by atoms with Crippen LogP contribution < -0.4 is 16.0 Å². The van der Waals surface area contributed by atoms with Crippen LogP contribution in [0.3, 0.4) is 0 Å². The summed E-state index contributed by atoms with van der Waals surface area (Å²) in [4.78, 5) is 14.6. The van der Waals surface area contributed by atoms with Crippen LogP contribution in [0.2, 0.25) is 5.28 Å². The Morgan fingerprint density at radius 3 is 2.57 bits per heavy atom. The molecule has 10 heteroatoms. The van der Waals surface area contributed by atoms with Crippen LogP contribution in [0.4, 0.5) is 11.9 Å². The molecule has 1 fully saturated rings. The van der Waals surface area contributed by atoms with Crippen LogP contribution in [-0.4, -0.2) is 80.8 Å². The molecule has 130 valence electrons. The van der Waals surface area contributed by atoms with Crippen molar-refractivity contribution in [1.29, 1.82) is 0 Å². The molecule has 0 atom stereocenters. The molecule has 0 spiro atoms. The molecule has 3 N–H and O–H groups in total. The lowest BCUT2D eigenvalue weighted by Gasteiger charge is -2.26. The fraction of sp³-hybridized carbons (Fsp3) is 0.769. The highest BCUT2D eigenvalue weighted by molar-refractivity contribution is 6.28. The quantitative estimate of drug-likeness (QED) is 0.555. The maximum atomic E-state index is 5.96. The van der Waals surface area contributed by atoms with Crippen molar-refractivity contribution in [1.82, 2.24) is 15.0 Å². The minimum atomic E-state index is 0.167. The number of nitrogens with one attached hydrogen (secondary N) is 1. The number of rotatable bonds is 10. The molecule has 1 saturated heterocycles. The molecule has 2 rings (SSSR count). The van der Waals surface area contributed by atoms with Gasteiger partial charge in [-0.1, -0.05) is 0 Å². The zero-order chi connectivity index (χ0) is 16.3. The number of morpholine rings is 1. The van der Waals surface area contributed by atoms with Crippen molar-refractivity contribution in [2.45, 2.75) is 0 Å². The summed E-state index contributed by atoms with van der Waals surface area (Å²) in [7, 11) is 0. The molecule has 0 aliphatic carbocycles. The lowest BCUT2D eigenvalue weighted by molar-refractivity contribution is 0.0547. The molecule has 0 bridgehead atoms. The molecular formula is C13H23ClN6O3. The second kappa shape index (κ2) is 10.5.